The molecule has 0 aliphatic rings. The number of nitrogens with zero attached hydrogens (tertiary/aromatic N) is 1. The summed E-state index contributed by atoms with van der Waals surface area (Å²) in [6.45, 7) is 4.66. The Labute approximate surface area is 348 Å². The van der Waals surface area contributed by atoms with E-state index in [4.69, 9.17) is 9.05 Å². The normalized spacial score (nSPS) is 14.3. The molecule has 56 heavy (non-hydrogen) atoms. The van der Waals surface area contributed by atoms with Crippen molar-refractivity contribution in [1.82, 2.24) is 5.32 Å². The molecule has 0 saturated heterocycles. The number of amides is 1. The van der Waals surface area contributed by atoms with Gasteiger partial charge in [-0.1, -0.05) is 219 Å². The molecule has 0 aliphatic carbocycles. The lowest BCUT2D eigenvalue weighted by atomic mass is 10.0. The second-order valence-corrected chi connectivity index (χ2v) is 19.2. The number of unbranched alkanes of at least 4 members (excludes halogenated alkanes) is 31. The summed E-state index contributed by atoms with van der Waals surface area (Å²) < 4.78 is 23.2. The number of aliphatic hydroxyl groups excluding tert-OH is 1. The summed E-state index contributed by atoms with van der Waals surface area (Å²) in [5, 5.41) is 13.8. The quantitative estimate of drug-likeness (QED) is 0.0274. The van der Waals surface area contributed by atoms with E-state index in [0.717, 1.165) is 38.5 Å². The van der Waals surface area contributed by atoms with Gasteiger partial charge in [0.1, 0.15) is 13.2 Å². The minimum atomic E-state index is -4.58. The summed E-state index contributed by atoms with van der Waals surface area (Å²) in [7, 11) is 1.27. The molecule has 1 amide bonds. The molecule has 0 saturated carbocycles. The molecule has 9 heteroatoms. The highest BCUT2D eigenvalue weighted by Crippen LogP contribution is 2.38. The van der Waals surface area contributed by atoms with Gasteiger partial charge in [0.25, 0.3) is 7.82 Å². The predicted molar refractivity (Wildman–Crippen MR) is 238 cm³/mol. The number of carbonyl (C=O) groups excluding carboxylic acids is 1. The average molecular weight is 815 g/mol. The van der Waals surface area contributed by atoms with Gasteiger partial charge in [-0.05, 0) is 19.3 Å². The van der Waals surface area contributed by atoms with Gasteiger partial charge in [0.2, 0.25) is 5.91 Å². The summed E-state index contributed by atoms with van der Waals surface area (Å²) >= 11 is 0. The second-order valence-electron chi connectivity index (χ2n) is 17.8. The van der Waals surface area contributed by atoms with Gasteiger partial charge in [0.05, 0.1) is 39.9 Å². The van der Waals surface area contributed by atoms with Crippen molar-refractivity contribution in [1.29, 1.82) is 0 Å². The van der Waals surface area contributed by atoms with E-state index in [1.807, 2.05) is 27.2 Å². The van der Waals surface area contributed by atoms with E-state index in [2.05, 4.69) is 19.2 Å². The predicted octanol–water partition coefficient (Wildman–Crippen LogP) is 12.9. The summed E-state index contributed by atoms with van der Waals surface area (Å²) in [6.07, 6.45) is 45.5. The third kappa shape index (κ3) is 41.4. The molecule has 0 aromatic rings. The van der Waals surface area contributed by atoms with Crippen LogP contribution in [0.25, 0.3) is 0 Å². The molecule has 0 aromatic heterocycles. The van der Waals surface area contributed by atoms with E-state index in [-0.39, 0.29) is 19.1 Å². The molecular formula is C47H95N2O6P. The van der Waals surface area contributed by atoms with Crippen LogP contribution in [0.3, 0.4) is 0 Å². The first-order chi connectivity index (χ1) is 27.0. The number of aliphatic hydroxyl groups is 1. The minimum Gasteiger partial charge on any atom is -0.756 e. The molecule has 0 aliphatic heterocycles. The van der Waals surface area contributed by atoms with E-state index in [0.29, 0.717) is 17.4 Å². The number of allylic oxidation sites excluding steroid dienone is 1. The molecule has 0 spiro atoms. The molecular weight excluding hydrogens is 719 g/mol. The highest BCUT2D eigenvalue weighted by atomic mass is 31.2. The van der Waals surface area contributed by atoms with Crippen LogP contribution >= 0.6 is 7.82 Å². The number of likely N-dealkylation sites (N-methyl/N-ethyl adjacent to an activating group) is 1. The second kappa shape index (κ2) is 39.7. The van der Waals surface area contributed by atoms with Gasteiger partial charge in [-0.15, -0.1) is 0 Å². The van der Waals surface area contributed by atoms with E-state index < -0.39 is 20.0 Å². The van der Waals surface area contributed by atoms with Crippen molar-refractivity contribution in [3.05, 3.63) is 12.2 Å². The number of hydrogen-bond acceptors (Lipinski definition) is 6. The van der Waals surface area contributed by atoms with Crippen molar-refractivity contribution in [2.24, 2.45) is 0 Å². The molecule has 0 fully saturated rings. The summed E-state index contributed by atoms with van der Waals surface area (Å²) in [5.41, 5.74) is 0. The van der Waals surface area contributed by atoms with Crippen molar-refractivity contribution < 1.29 is 32.9 Å². The van der Waals surface area contributed by atoms with Gasteiger partial charge in [0.15, 0.2) is 0 Å². The zero-order chi connectivity index (χ0) is 41.4. The molecule has 0 radical (unpaired) electrons. The van der Waals surface area contributed by atoms with Crippen LogP contribution in [0.15, 0.2) is 12.2 Å². The monoisotopic (exact) mass is 815 g/mol. The Morgan fingerprint density at radius 3 is 1.34 bits per heavy atom. The molecule has 8 nitrogen and oxygen atoms in total. The highest BCUT2D eigenvalue weighted by Gasteiger charge is 2.23. The first kappa shape index (κ1) is 55.2. The number of phosphoric ester groups is 1. The molecule has 0 aromatic carbocycles. The lowest BCUT2D eigenvalue weighted by Gasteiger charge is -2.29. The maximum absolute atomic E-state index is 12.9. The van der Waals surface area contributed by atoms with Crippen LogP contribution in [-0.4, -0.2) is 68.5 Å². The Kier molecular flexibility index (Phi) is 39.1. The fourth-order valence-corrected chi connectivity index (χ4v) is 7.88. The smallest absolute Gasteiger partial charge is 0.268 e. The lowest BCUT2D eigenvalue weighted by Crippen LogP contribution is -2.45. The van der Waals surface area contributed by atoms with Crippen molar-refractivity contribution >= 4 is 13.7 Å². The van der Waals surface area contributed by atoms with Crippen LogP contribution in [0.5, 0.6) is 0 Å². The van der Waals surface area contributed by atoms with E-state index >= 15 is 0 Å². The number of rotatable bonds is 44. The fraction of sp³-hybridized carbons (Fsp3) is 0.936. The molecule has 0 heterocycles. The maximum Gasteiger partial charge on any atom is 0.268 e. The SMILES string of the molecule is CCCCCCCCCCCC/C=C/[C@@H](O)[C@H](COP(=O)([O-])OCC[N+](C)(C)C)NC(=O)CCCCCCCCCCCCCCCCCCCCCCCC. The zero-order valence-electron chi connectivity index (χ0n) is 37.9. The third-order valence-corrected chi connectivity index (χ3v) is 12.0. The van der Waals surface area contributed by atoms with Gasteiger partial charge in [-0.3, -0.25) is 9.36 Å². The first-order valence-electron chi connectivity index (χ1n) is 24.1. The summed E-state index contributed by atoms with van der Waals surface area (Å²) in [5.74, 6) is -0.194. The van der Waals surface area contributed by atoms with Crippen molar-refractivity contribution in [3.63, 3.8) is 0 Å². The zero-order valence-corrected chi connectivity index (χ0v) is 38.7. The van der Waals surface area contributed by atoms with E-state index in [1.165, 1.54) is 173 Å². The Bertz CT molecular complexity index is 927. The van der Waals surface area contributed by atoms with E-state index in [9.17, 15) is 19.4 Å². The Morgan fingerprint density at radius 1 is 0.607 bits per heavy atom. The Balaban J connectivity index is 4.22. The van der Waals surface area contributed by atoms with Crippen LogP contribution in [0.1, 0.15) is 232 Å². The van der Waals surface area contributed by atoms with Gasteiger partial charge < -0.3 is 28.8 Å². The average Bonchev–Trinajstić information content (AvgIpc) is 3.15. The maximum atomic E-state index is 12.9. The molecule has 2 N–H and O–H groups in total. The van der Waals surface area contributed by atoms with E-state index in [1.54, 1.807) is 6.08 Å². The van der Waals surface area contributed by atoms with Gasteiger partial charge in [-0.2, -0.15) is 0 Å². The number of hydrogen-bond donors (Lipinski definition) is 2. The molecule has 334 valence electrons. The number of nitrogens with one attached hydrogen (secondary N) is 1. The number of quaternary nitrogens is 1. The molecule has 3 atom stereocenters. The Hall–Kier alpha value is -0.760. The topological polar surface area (TPSA) is 108 Å². The third-order valence-electron chi connectivity index (χ3n) is 11.0. The number of phosphoric acid groups is 1. The largest absolute Gasteiger partial charge is 0.756 e. The van der Waals surface area contributed by atoms with Crippen LogP contribution in [-0.2, 0) is 18.4 Å². The van der Waals surface area contributed by atoms with Gasteiger partial charge in [-0.25, -0.2) is 0 Å². The Morgan fingerprint density at radius 2 is 0.964 bits per heavy atom. The van der Waals surface area contributed by atoms with Crippen molar-refractivity contribution in [2.75, 3.05) is 40.9 Å². The lowest BCUT2D eigenvalue weighted by molar-refractivity contribution is -0.870. The van der Waals surface area contributed by atoms with Crippen LogP contribution in [0.2, 0.25) is 0 Å². The number of carbonyl (C=O) groups is 1. The van der Waals surface area contributed by atoms with Gasteiger partial charge in [0, 0.05) is 6.42 Å². The van der Waals surface area contributed by atoms with Crippen molar-refractivity contribution in [3.8, 4) is 0 Å². The highest BCUT2D eigenvalue weighted by molar-refractivity contribution is 7.45. The molecule has 1 unspecified atom stereocenters. The van der Waals surface area contributed by atoms with Crippen LogP contribution in [0, 0.1) is 0 Å². The van der Waals surface area contributed by atoms with Crippen LogP contribution < -0.4 is 10.2 Å². The minimum absolute atomic E-state index is 0.00211. The standard InChI is InChI=1S/C47H95N2O6P/c1-6-8-10-12-14-16-18-20-21-22-23-24-25-26-27-28-29-31-33-35-37-39-41-47(51)48-45(44-55-56(52,53)54-43-42-49(3,4)5)46(50)40-38-36-34-32-30-19-17-15-13-11-9-7-2/h38,40,45-46,50H,6-37,39,41-44H2,1-5H3,(H-,48,51,52,53)/b40-38+/t45-,46+/m0/s1. The molecule has 0 bridgehead atoms. The van der Waals surface area contributed by atoms with Crippen LogP contribution in [0.4, 0.5) is 0 Å². The first-order valence-corrected chi connectivity index (χ1v) is 25.5. The van der Waals surface area contributed by atoms with Gasteiger partial charge >= 0.3 is 0 Å². The van der Waals surface area contributed by atoms with Crippen molar-refractivity contribution in [2.45, 2.75) is 244 Å². The fourth-order valence-electron chi connectivity index (χ4n) is 7.15. The summed E-state index contributed by atoms with van der Waals surface area (Å²) in [4.78, 5) is 25.3. The molecule has 0 rings (SSSR count). The summed E-state index contributed by atoms with van der Waals surface area (Å²) in [6, 6.07) is -0.879.